The molecular weight excluding hydrogens is 345 g/mol. The lowest BCUT2D eigenvalue weighted by Gasteiger charge is -2.22. The molecule has 4 nitrogen and oxygen atoms in total. The van der Waals surface area contributed by atoms with E-state index in [0.29, 0.717) is 25.5 Å². The molecule has 1 aromatic rings. The molecule has 0 atom stereocenters. The number of guanidine groups is 1. The second kappa shape index (κ2) is 10.0. The fourth-order valence-electron chi connectivity index (χ4n) is 2.16. The Kier molecular flexibility index (Phi) is 8.44. The van der Waals surface area contributed by atoms with Gasteiger partial charge in [-0.25, -0.2) is 0 Å². The minimum Gasteiger partial charge on any atom is -0.435 e. The van der Waals surface area contributed by atoms with Crippen LogP contribution < -0.4 is 10.1 Å². The van der Waals surface area contributed by atoms with E-state index in [1.54, 1.807) is 31.1 Å². The molecule has 142 valence electrons. The predicted octanol–water partition coefficient (Wildman–Crippen LogP) is 4.03. The fraction of sp³-hybridized carbons (Fsp3) is 0.562. The Bertz CT molecular complexity index is 532. The first-order chi connectivity index (χ1) is 11.7. The van der Waals surface area contributed by atoms with Gasteiger partial charge >= 0.3 is 12.8 Å². The van der Waals surface area contributed by atoms with E-state index in [-0.39, 0.29) is 12.2 Å². The Labute approximate surface area is 143 Å². The zero-order valence-electron chi connectivity index (χ0n) is 14.1. The summed E-state index contributed by atoms with van der Waals surface area (Å²) in [6.45, 7) is -2.03. The summed E-state index contributed by atoms with van der Waals surface area (Å²) in [7, 11) is 3.35. The van der Waals surface area contributed by atoms with Crippen molar-refractivity contribution in [3.63, 3.8) is 0 Å². The van der Waals surface area contributed by atoms with E-state index in [2.05, 4.69) is 15.0 Å². The van der Waals surface area contributed by atoms with Crippen LogP contribution in [0.4, 0.5) is 22.0 Å². The third kappa shape index (κ3) is 9.11. The summed E-state index contributed by atoms with van der Waals surface area (Å²) >= 11 is 0. The lowest BCUT2D eigenvalue weighted by molar-refractivity contribution is -0.135. The molecule has 0 radical (unpaired) electrons. The largest absolute Gasteiger partial charge is 0.435 e. The maximum atomic E-state index is 12.1. The summed E-state index contributed by atoms with van der Waals surface area (Å²) in [5.41, 5.74) is 0.851. The van der Waals surface area contributed by atoms with Crippen molar-refractivity contribution in [2.24, 2.45) is 4.99 Å². The minimum absolute atomic E-state index is 0.0583. The molecule has 0 unspecified atom stereocenters. The van der Waals surface area contributed by atoms with Crippen LogP contribution in [0.2, 0.25) is 0 Å². The van der Waals surface area contributed by atoms with Crippen molar-refractivity contribution in [1.82, 2.24) is 10.2 Å². The highest BCUT2D eigenvalue weighted by Crippen LogP contribution is 2.21. The van der Waals surface area contributed by atoms with Crippen molar-refractivity contribution in [2.45, 2.75) is 38.6 Å². The Balaban J connectivity index is 2.41. The number of nitrogens with zero attached hydrogens (tertiary/aromatic N) is 2. The number of aliphatic imine (C=N–C) groups is 1. The third-order valence-corrected chi connectivity index (χ3v) is 3.31. The van der Waals surface area contributed by atoms with Gasteiger partial charge in [0, 0.05) is 33.6 Å². The molecule has 0 aliphatic heterocycles. The standard InChI is InChI=1S/C16H22F5N3O/c1-22-15(23-10-4-3-9-16(19,20)21)24(2)11-12-5-7-13(8-6-12)25-14(17)18/h5-8,14H,3-4,9-11H2,1-2H3,(H,22,23). The van der Waals surface area contributed by atoms with Crippen molar-refractivity contribution in [3.05, 3.63) is 29.8 Å². The summed E-state index contributed by atoms with van der Waals surface area (Å²) in [6, 6.07) is 6.21. The molecule has 0 heterocycles. The molecule has 1 rings (SSSR count). The van der Waals surface area contributed by atoms with Crippen LogP contribution >= 0.6 is 0 Å². The SMILES string of the molecule is CN=C(NCCCCC(F)(F)F)N(C)Cc1ccc(OC(F)F)cc1. The van der Waals surface area contributed by atoms with Crippen LogP contribution in [0.1, 0.15) is 24.8 Å². The number of rotatable bonds is 8. The zero-order valence-corrected chi connectivity index (χ0v) is 14.1. The monoisotopic (exact) mass is 367 g/mol. The van der Waals surface area contributed by atoms with E-state index in [1.807, 2.05) is 0 Å². The first-order valence-electron chi connectivity index (χ1n) is 7.73. The molecule has 1 aromatic carbocycles. The first-order valence-corrected chi connectivity index (χ1v) is 7.73. The molecule has 0 bridgehead atoms. The zero-order chi connectivity index (χ0) is 18.9. The molecule has 0 saturated carbocycles. The summed E-state index contributed by atoms with van der Waals surface area (Å²) in [6.07, 6.45) is -4.48. The molecule has 9 heteroatoms. The number of halogens is 5. The van der Waals surface area contributed by atoms with E-state index >= 15 is 0 Å². The lowest BCUT2D eigenvalue weighted by atomic mass is 10.2. The highest BCUT2D eigenvalue weighted by atomic mass is 19.4. The Morgan fingerprint density at radius 3 is 2.36 bits per heavy atom. The van der Waals surface area contributed by atoms with Crippen molar-refractivity contribution in [2.75, 3.05) is 20.6 Å². The fourth-order valence-corrected chi connectivity index (χ4v) is 2.16. The van der Waals surface area contributed by atoms with Gasteiger partial charge in [-0.1, -0.05) is 12.1 Å². The van der Waals surface area contributed by atoms with Gasteiger partial charge in [-0.05, 0) is 30.5 Å². The first kappa shape index (κ1) is 21.0. The number of nitrogens with one attached hydrogen (secondary N) is 1. The van der Waals surface area contributed by atoms with E-state index in [0.717, 1.165) is 5.56 Å². The van der Waals surface area contributed by atoms with Crippen LogP contribution in [0.3, 0.4) is 0 Å². The topological polar surface area (TPSA) is 36.9 Å². The Morgan fingerprint density at radius 1 is 1.20 bits per heavy atom. The number of hydrogen-bond donors (Lipinski definition) is 1. The quantitative estimate of drug-likeness (QED) is 0.326. The van der Waals surface area contributed by atoms with Crippen LogP contribution in [0.5, 0.6) is 5.75 Å². The van der Waals surface area contributed by atoms with Gasteiger partial charge < -0.3 is 15.0 Å². The second-order valence-corrected chi connectivity index (χ2v) is 5.42. The van der Waals surface area contributed by atoms with E-state index in [4.69, 9.17) is 0 Å². The number of alkyl halides is 5. The number of ether oxygens (including phenoxy) is 1. The van der Waals surface area contributed by atoms with Crippen molar-refractivity contribution in [3.8, 4) is 5.75 Å². The van der Waals surface area contributed by atoms with Gasteiger partial charge in [-0.2, -0.15) is 22.0 Å². The summed E-state index contributed by atoms with van der Waals surface area (Å²) < 4.78 is 64.7. The summed E-state index contributed by atoms with van der Waals surface area (Å²) in [5.74, 6) is 0.619. The van der Waals surface area contributed by atoms with Gasteiger partial charge in [0.25, 0.3) is 0 Å². The average Bonchev–Trinajstić information content (AvgIpc) is 2.51. The van der Waals surface area contributed by atoms with Crippen LogP contribution in [0.15, 0.2) is 29.3 Å². The molecular formula is C16H22F5N3O. The number of unbranched alkanes of at least 4 members (excludes halogenated alkanes) is 1. The Hall–Kier alpha value is -2.06. The van der Waals surface area contributed by atoms with Crippen LogP contribution in [0, 0.1) is 0 Å². The van der Waals surface area contributed by atoms with E-state index in [9.17, 15) is 22.0 Å². The Morgan fingerprint density at radius 2 is 1.84 bits per heavy atom. The average molecular weight is 367 g/mol. The molecule has 0 aliphatic carbocycles. The number of benzene rings is 1. The highest BCUT2D eigenvalue weighted by Gasteiger charge is 2.25. The molecule has 0 fully saturated rings. The van der Waals surface area contributed by atoms with Crippen molar-refractivity contribution >= 4 is 5.96 Å². The maximum Gasteiger partial charge on any atom is 0.389 e. The molecule has 1 N–H and O–H groups in total. The molecule has 0 aromatic heterocycles. The minimum atomic E-state index is -4.13. The molecule has 0 saturated heterocycles. The third-order valence-electron chi connectivity index (χ3n) is 3.31. The van der Waals surface area contributed by atoms with Gasteiger partial charge in [-0.3, -0.25) is 4.99 Å². The van der Waals surface area contributed by atoms with Crippen LogP contribution in [0.25, 0.3) is 0 Å². The van der Waals surface area contributed by atoms with E-state index < -0.39 is 19.2 Å². The summed E-state index contributed by atoms with van der Waals surface area (Å²) in [5, 5.41) is 3.00. The normalized spacial score (nSPS) is 12.4. The van der Waals surface area contributed by atoms with Crippen molar-refractivity contribution < 1.29 is 26.7 Å². The lowest BCUT2D eigenvalue weighted by Crippen LogP contribution is -2.38. The van der Waals surface area contributed by atoms with Crippen LogP contribution in [-0.2, 0) is 6.54 Å². The summed E-state index contributed by atoms with van der Waals surface area (Å²) in [4.78, 5) is 5.86. The molecule has 0 amide bonds. The smallest absolute Gasteiger partial charge is 0.389 e. The maximum absolute atomic E-state index is 12.1. The van der Waals surface area contributed by atoms with Gasteiger partial charge in [0.2, 0.25) is 0 Å². The van der Waals surface area contributed by atoms with Gasteiger partial charge in [-0.15, -0.1) is 0 Å². The van der Waals surface area contributed by atoms with Crippen LogP contribution in [-0.4, -0.2) is 44.3 Å². The van der Waals surface area contributed by atoms with Crippen molar-refractivity contribution in [1.29, 1.82) is 0 Å². The second-order valence-electron chi connectivity index (χ2n) is 5.42. The molecule has 25 heavy (non-hydrogen) atoms. The van der Waals surface area contributed by atoms with E-state index in [1.165, 1.54) is 12.1 Å². The predicted molar refractivity (Wildman–Crippen MR) is 85.8 cm³/mol. The highest BCUT2D eigenvalue weighted by molar-refractivity contribution is 5.79. The molecule has 0 aliphatic rings. The van der Waals surface area contributed by atoms with Gasteiger partial charge in [0.1, 0.15) is 5.75 Å². The number of hydrogen-bond acceptors (Lipinski definition) is 2. The van der Waals surface area contributed by atoms with Gasteiger partial charge in [0.05, 0.1) is 0 Å². The van der Waals surface area contributed by atoms with Gasteiger partial charge in [0.15, 0.2) is 5.96 Å². The molecule has 0 spiro atoms.